The van der Waals surface area contributed by atoms with E-state index >= 15 is 0 Å². The molecule has 2 unspecified atom stereocenters. The largest absolute Gasteiger partial charge is 0.472 e. The minimum Gasteiger partial charge on any atom is -0.462 e. The summed E-state index contributed by atoms with van der Waals surface area (Å²) in [6.07, 6.45) is 39.4. The molecular weight excluding hydrogens is 1150 g/mol. The molecule has 0 aromatic heterocycles. The molecule has 0 bridgehead atoms. The van der Waals surface area contributed by atoms with Crippen LogP contribution in [0.5, 0.6) is 0 Å². The Morgan fingerprint density at radius 3 is 0.713 bits per heavy atom. The molecule has 5 atom stereocenters. The Balaban J connectivity index is 5.17. The van der Waals surface area contributed by atoms with Crippen molar-refractivity contribution in [2.75, 3.05) is 39.6 Å². The van der Waals surface area contributed by atoms with E-state index in [1.165, 1.54) is 128 Å². The molecule has 3 N–H and O–H groups in total. The van der Waals surface area contributed by atoms with Gasteiger partial charge >= 0.3 is 39.5 Å². The van der Waals surface area contributed by atoms with Crippen molar-refractivity contribution in [3.05, 3.63) is 0 Å². The number of unbranched alkanes of at least 4 members (excludes halogenated alkanes) is 31. The molecular formula is C68H132O17P2. The van der Waals surface area contributed by atoms with Crippen LogP contribution in [0.1, 0.15) is 331 Å². The van der Waals surface area contributed by atoms with E-state index in [9.17, 15) is 43.2 Å². The minimum absolute atomic E-state index is 0.102. The van der Waals surface area contributed by atoms with Gasteiger partial charge in [-0.3, -0.25) is 37.3 Å². The Morgan fingerprint density at radius 2 is 0.483 bits per heavy atom. The van der Waals surface area contributed by atoms with E-state index in [1.54, 1.807) is 0 Å². The van der Waals surface area contributed by atoms with E-state index < -0.39 is 97.5 Å². The number of carbonyl (C=O) groups is 4. The molecule has 516 valence electrons. The summed E-state index contributed by atoms with van der Waals surface area (Å²) in [5.74, 6) is 0.739. The summed E-state index contributed by atoms with van der Waals surface area (Å²) in [4.78, 5) is 72.3. The maximum Gasteiger partial charge on any atom is 0.472 e. The topological polar surface area (TPSA) is 237 Å². The summed E-state index contributed by atoms with van der Waals surface area (Å²) in [6, 6.07) is 0. The summed E-state index contributed by atoms with van der Waals surface area (Å²) in [5, 5.41) is 10.6. The van der Waals surface area contributed by atoms with Crippen molar-refractivity contribution in [1.29, 1.82) is 0 Å². The van der Waals surface area contributed by atoms with Crippen LogP contribution in [0.25, 0.3) is 0 Å². The molecule has 0 radical (unpaired) electrons. The first kappa shape index (κ1) is 85.1. The van der Waals surface area contributed by atoms with Gasteiger partial charge in [-0.15, -0.1) is 0 Å². The molecule has 0 spiro atoms. The van der Waals surface area contributed by atoms with Gasteiger partial charge in [-0.2, -0.15) is 0 Å². The number of ether oxygens (including phenoxy) is 4. The van der Waals surface area contributed by atoms with Crippen LogP contribution >= 0.6 is 15.6 Å². The lowest BCUT2D eigenvalue weighted by atomic mass is 10.0. The molecule has 0 rings (SSSR count). The van der Waals surface area contributed by atoms with Gasteiger partial charge in [0.05, 0.1) is 26.4 Å². The highest BCUT2D eigenvalue weighted by atomic mass is 31.2. The van der Waals surface area contributed by atoms with Gasteiger partial charge in [0.15, 0.2) is 12.2 Å². The summed E-state index contributed by atoms with van der Waals surface area (Å²) in [7, 11) is -9.89. The Hall–Kier alpha value is -1.94. The maximum atomic E-state index is 13.0. The second kappa shape index (κ2) is 57.9. The zero-order valence-corrected chi connectivity index (χ0v) is 58.4. The second-order valence-electron chi connectivity index (χ2n) is 26.5. The number of aliphatic hydroxyl groups is 1. The van der Waals surface area contributed by atoms with E-state index in [0.29, 0.717) is 43.4 Å². The number of phosphoric ester groups is 2. The van der Waals surface area contributed by atoms with Gasteiger partial charge in [-0.25, -0.2) is 9.13 Å². The van der Waals surface area contributed by atoms with Crippen molar-refractivity contribution in [3.8, 4) is 0 Å². The van der Waals surface area contributed by atoms with Crippen LogP contribution in [0.3, 0.4) is 0 Å². The van der Waals surface area contributed by atoms with Crippen molar-refractivity contribution in [1.82, 2.24) is 0 Å². The Bertz CT molecular complexity index is 1730. The van der Waals surface area contributed by atoms with Crippen LogP contribution in [0.4, 0.5) is 0 Å². The lowest BCUT2D eigenvalue weighted by Crippen LogP contribution is -2.30. The number of hydrogen-bond donors (Lipinski definition) is 3. The SMILES string of the molecule is CC(C)CCCCCCCCCCCCCCCCCC(=O)OC[C@H](COP(=O)(O)OC[C@@H](O)COP(=O)(O)OC[C@@H](COC(=O)CCCCCCCCC(C)C)OC(=O)CCCCCCCCCC(C)C)OC(=O)CCCCCCCCCC(C)C. The zero-order valence-electron chi connectivity index (χ0n) is 56.6. The molecule has 0 aromatic carbocycles. The standard InChI is InChI=1S/C68H132O17P2/c1-58(2)44-36-28-20-16-14-12-10-9-11-13-15-17-23-32-40-48-65(70)78-54-63(84-67(72)50-42-34-24-18-21-29-37-45-59(3)4)56-82-86(74,75)80-52-62(69)53-81-87(76,77)83-57-64(55-79-66(71)49-41-33-27-26-31-39-47-61(7)8)85-68(73)51-43-35-25-19-22-30-38-46-60(5)6/h58-64,69H,9-57H2,1-8H3,(H,74,75)(H,76,77)/t62-,63-,64-/m1/s1. The van der Waals surface area contributed by atoms with Gasteiger partial charge in [0, 0.05) is 25.7 Å². The van der Waals surface area contributed by atoms with Crippen molar-refractivity contribution in [2.24, 2.45) is 23.7 Å². The zero-order chi connectivity index (χ0) is 64.7. The highest BCUT2D eigenvalue weighted by molar-refractivity contribution is 7.47. The molecule has 0 aliphatic carbocycles. The number of aliphatic hydroxyl groups excluding tert-OH is 1. The van der Waals surface area contributed by atoms with E-state index in [0.717, 1.165) is 102 Å². The average molecular weight is 1280 g/mol. The van der Waals surface area contributed by atoms with Gasteiger partial charge in [0.2, 0.25) is 0 Å². The molecule has 87 heavy (non-hydrogen) atoms. The van der Waals surface area contributed by atoms with Gasteiger partial charge in [0.25, 0.3) is 0 Å². The fourth-order valence-electron chi connectivity index (χ4n) is 10.1. The average Bonchev–Trinajstić information content (AvgIpc) is 3.67. The third kappa shape index (κ3) is 62.6. The van der Waals surface area contributed by atoms with Crippen LogP contribution in [-0.4, -0.2) is 96.7 Å². The quantitative estimate of drug-likeness (QED) is 0.0222. The minimum atomic E-state index is -4.95. The molecule has 0 aliphatic heterocycles. The number of hydrogen-bond acceptors (Lipinski definition) is 15. The van der Waals surface area contributed by atoms with E-state index in [2.05, 4.69) is 55.4 Å². The van der Waals surface area contributed by atoms with Crippen LogP contribution in [0.2, 0.25) is 0 Å². The molecule has 0 aromatic rings. The first-order chi connectivity index (χ1) is 41.6. The second-order valence-corrected chi connectivity index (χ2v) is 29.4. The lowest BCUT2D eigenvalue weighted by molar-refractivity contribution is -0.161. The monoisotopic (exact) mass is 1280 g/mol. The maximum absolute atomic E-state index is 13.0. The predicted octanol–water partition coefficient (Wildman–Crippen LogP) is 18.9. The van der Waals surface area contributed by atoms with E-state index in [4.69, 9.17) is 37.0 Å². The van der Waals surface area contributed by atoms with Crippen molar-refractivity contribution < 1.29 is 80.2 Å². The fraction of sp³-hybridized carbons (Fsp3) is 0.941. The van der Waals surface area contributed by atoms with Crippen molar-refractivity contribution in [3.63, 3.8) is 0 Å². The van der Waals surface area contributed by atoms with Gasteiger partial charge < -0.3 is 33.8 Å². The highest BCUT2D eigenvalue weighted by Crippen LogP contribution is 2.45. The Morgan fingerprint density at radius 1 is 0.287 bits per heavy atom. The molecule has 0 fully saturated rings. The molecule has 0 saturated carbocycles. The van der Waals surface area contributed by atoms with Crippen molar-refractivity contribution >= 4 is 39.5 Å². The predicted molar refractivity (Wildman–Crippen MR) is 349 cm³/mol. The Labute approximate surface area is 530 Å². The fourth-order valence-corrected chi connectivity index (χ4v) is 11.7. The number of phosphoric acid groups is 2. The molecule has 19 heteroatoms. The third-order valence-electron chi connectivity index (χ3n) is 15.6. The smallest absolute Gasteiger partial charge is 0.462 e. The number of rotatable bonds is 65. The number of esters is 4. The van der Waals surface area contributed by atoms with Crippen LogP contribution in [-0.2, 0) is 65.4 Å². The van der Waals surface area contributed by atoms with E-state index in [1.807, 2.05) is 0 Å². The molecule has 0 saturated heterocycles. The summed E-state index contributed by atoms with van der Waals surface area (Å²) < 4.78 is 68.1. The third-order valence-corrected chi connectivity index (χ3v) is 17.5. The van der Waals surface area contributed by atoms with Crippen LogP contribution in [0.15, 0.2) is 0 Å². The normalized spacial score (nSPS) is 14.3. The molecule has 0 amide bonds. The highest BCUT2D eigenvalue weighted by Gasteiger charge is 2.30. The van der Waals surface area contributed by atoms with Gasteiger partial charge in [0.1, 0.15) is 19.3 Å². The van der Waals surface area contributed by atoms with E-state index in [-0.39, 0.29) is 25.7 Å². The van der Waals surface area contributed by atoms with Crippen LogP contribution in [0, 0.1) is 23.7 Å². The molecule has 0 aliphatic rings. The van der Waals surface area contributed by atoms with Gasteiger partial charge in [-0.1, -0.05) is 280 Å². The first-order valence-electron chi connectivity index (χ1n) is 35.2. The first-order valence-corrected chi connectivity index (χ1v) is 38.2. The summed E-state index contributed by atoms with van der Waals surface area (Å²) in [5.41, 5.74) is 0. The van der Waals surface area contributed by atoms with Crippen LogP contribution < -0.4 is 0 Å². The Kier molecular flexibility index (Phi) is 56.6. The lowest BCUT2D eigenvalue weighted by Gasteiger charge is -2.21. The number of carbonyl (C=O) groups excluding carboxylic acids is 4. The summed E-state index contributed by atoms with van der Waals surface area (Å²) >= 11 is 0. The summed E-state index contributed by atoms with van der Waals surface area (Å²) in [6.45, 7) is 13.9. The van der Waals surface area contributed by atoms with Crippen molar-refractivity contribution in [2.45, 2.75) is 350 Å². The van der Waals surface area contributed by atoms with Gasteiger partial charge in [-0.05, 0) is 49.4 Å². The molecule has 17 nitrogen and oxygen atoms in total. The molecule has 0 heterocycles.